The fourth-order valence-corrected chi connectivity index (χ4v) is 6.47. The zero-order chi connectivity index (χ0) is 22.2. The van der Waals surface area contributed by atoms with Crippen molar-refractivity contribution in [1.29, 1.82) is 0 Å². The predicted octanol–water partition coefficient (Wildman–Crippen LogP) is 9.41. The lowest BCUT2D eigenvalue weighted by Crippen LogP contribution is -1.87. The van der Waals surface area contributed by atoms with Gasteiger partial charge in [0, 0.05) is 19.2 Å². The Kier molecular flexibility index (Phi) is 5.70. The summed E-state index contributed by atoms with van der Waals surface area (Å²) in [6, 6.07) is 19.3. The quantitative estimate of drug-likeness (QED) is 0.181. The van der Waals surface area contributed by atoms with E-state index in [9.17, 15) is 8.78 Å². The first-order chi connectivity index (χ1) is 15.6. The Balaban J connectivity index is 1.50. The molecule has 0 N–H and O–H groups in total. The summed E-state index contributed by atoms with van der Waals surface area (Å²) in [5.74, 6) is -1.51. The van der Waals surface area contributed by atoms with Crippen LogP contribution in [0.5, 0.6) is 0 Å². The van der Waals surface area contributed by atoms with Gasteiger partial charge in [-0.1, -0.05) is 37.6 Å². The van der Waals surface area contributed by atoms with Gasteiger partial charge in [-0.3, -0.25) is 0 Å². The van der Waals surface area contributed by atoms with Gasteiger partial charge in [-0.05, 0) is 82.5 Å². The molecule has 158 valence electrons. The first kappa shape index (κ1) is 21.1. The molecule has 0 atom stereocenters. The smallest absolute Gasteiger partial charge is 0.153 e. The molecule has 5 aromatic rings. The summed E-state index contributed by atoms with van der Waals surface area (Å²) in [6.07, 6.45) is 2.30. The molecule has 0 unspecified atom stereocenters. The Hall–Kier alpha value is -2.76. The third kappa shape index (κ3) is 3.91. The number of rotatable bonds is 5. The van der Waals surface area contributed by atoms with E-state index in [1.54, 1.807) is 0 Å². The largest absolute Gasteiger partial charge is 0.204 e. The van der Waals surface area contributed by atoms with Crippen LogP contribution in [0, 0.1) is 11.6 Å². The molecule has 3 aromatic carbocycles. The van der Waals surface area contributed by atoms with Crippen molar-refractivity contribution < 1.29 is 8.78 Å². The van der Waals surface area contributed by atoms with E-state index in [1.807, 2.05) is 46.0 Å². The highest BCUT2D eigenvalue weighted by Gasteiger charge is 2.13. The molecule has 32 heavy (non-hydrogen) atoms. The molecule has 2 heterocycles. The first-order valence-electron chi connectivity index (χ1n) is 10.2. The lowest BCUT2D eigenvalue weighted by molar-refractivity contribution is 0.588. The predicted molar refractivity (Wildman–Crippen MR) is 137 cm³/mol. The second kappa shape index (κ2) is 8.64. The highest BCUT2D eigenvalue weighted by atomic mass is 32.1. The van der Waals surface area contributed by atoms with Gasteiger partial charge in [0.2, 0.25) is 0 Å². The minimum atomic E-state index is -0.757. The molecule has 0 amide bonds. The van der Waals surface area contributed by atoms with Crippen LogP contribution in [-0.4, -0.2) is 5.16 Å². The van der Waals surface area contributed by atoms with E-state index < -0.39 is 17.3 Å². The van der Waals surface area contributed by atoms with E-state index in [0.29, 0.717) is 5.56 Å². The summed E-state index contributed by atoms with van der Waals surface area (Å²) in [5.41, 5.74) is 1.96. The van der Waals surface area contributed by atoms with Gasteiger partial charge in [0.25, 0.3) is 0 Å². The Morgan fingerprint density at radius 2 is 1.47 bits per heavy atom. The molecule has 0 aliphatic heterocycles. The standard InChI is InChI=1S/C26H17F2NS3/c1-2-3-20-12-24-25(31-20)13-23(32-24)18-7-6-15-8-17(5-4-16(15)9-18)19-10-21(27)26(29-14-30)22(28)11-19/h4-13H,2-3H2,1H3. The highest BCUT2D eigenvalue weighted by molar-refractivity contribution is 7.78. The minimum Gasteiger partial charge on any atom is -0.204 e. The number of aryl methyl sites for hydroxylation is 1. The number of halogens is 2. The van der Waals surface area contributed by atoms with Crippen LogP contribution >= 0.6 is 34.9 Å². The molecule has 0 radical (unpaired) electrons. The van der Waals surface area contributed by atoms with Gasteiger partial charge in [-0.2, -0.15) is 4.99 Å². The maximum absolute atomic E-state index is 14.2. The molecule has 5 rings (SSSR count). The number of nitrogens with zero attached hydrogens (tertiary/aromatic N) is 1. The third-order valence-electron chi connectivity index (χ3n) is 5.39. The number of thiocarbonyl (C=S) groups is 1. The van der Waals surface area contributed by atoms with Gasteiger partial charge < -0.3 is 0 Å². The minimum absolute atomic E-state index is 0.410. The van der Waals surface area contributed by atoms with Gasteiger partial charge in [-0.15, -0.1) is 22.7 Å². The average Bonchev–Trinajstić information content (AvgIpc) is 3.34. The Bertz CT molecular complexity index is 1470. The van der Waals surface area contributed by atoms with E-state index in [4.69, 9.17) is 0 Å². The van der Waals surface area contributed by atoms with Crippen molar-refractivity contribution in [3.05, 3.63) is 77.2 Å². The number of hydrogen-bond acceptors (Lipinski definition) is 4. The second-order valence-electron chi connectivity index (χ2n) is 7.57. The molecule has 0 spiro atoms. The van der Waals surface area contributed by atoms with Crippen molar-refractivity contribution in [3.63, 3.8) is 0 Å². The summed E-state index contributed by atoms with van der Waals surface area (Å²) in [5, 5.41) is 4.10. The zero-order valence-electron chi connectivity index (χ0n) is 17.1. The van der Waals surface area contributed by atoms with Crippen molar-refractivity contribution in [2.75, 3.05) is 0 Å². The Labute approximate surface area is 197 Å². The number of aliphatic imine (C=N–C) groups is 1. The van der Waals surface area contributed by atoms with E-state index in [2.05, 4.69) is 54.5 Å². The molecule has 1 nitrogen and oxygen atoms in total. The monoisotopic (exact) mass is 477 g/mol. The lowest BCUT2D eigenvalue weighted by atomic mass is 9.99. The SMILES string of the molecule is CCCc1cc2sc(-c3ccc4cc(-c5cc(F)c(N=C=S)c(F)c5)ccc4c3)cc2s1. The van der Waals surface area contributed by atoms with Crippen molar-refractivity contribution >= 4 is 65.9 Å². The number of thiophene rings is 2. The van der Waals surface area contributed by atoms with Crippen molar-refractivity contribution in [2.24, 2.45) is 4.99 Å². The maximum Gasteiger partial charge on any atom is 0.153 e. The van der Waals surface area contributed by atoms with Crippen molar-refractivity contribution in [1.82, 2.24) is 0 Å². The van der Waals surface area contributed by atoms with E-state index >= 15 is 0 Å². The lowest BCUT2D eigenvalue weighted by Gasteiger charge is -2.08. The summed E-state index contributed by atoms with van der Waals surface area (Å²) in [4.78, 5) is 6.17. The van der Waals surface area contributed by atoms with E-state index in [-0.39, 0.29) is 0 Å². The number of isothiocyanates is 1. The van der Waals surface area contributed by atoms with Gasteiger partial charge in [0.05, 0.1) is 5.16 Å². The van der Waals surface area contributed by atoms with Crippen LogP contribution in [0.2, 0.25) is 0 Å². The zero-order valence-corrected chi connectivity index (χ0v) is 19.6. The van der Waals surface area contributed by atoms with Crippen LogP contribution in [0.4, 0.5) is 14.5 Å². The summed E-state index contributed by atoms with van der Waals surface area (Å²) in [6.45, 7) is 2.21. The average molecular weight is 478 g/mol. The van der Waals surface area contributed by atoms with Crippen LogP contribution in [0.15, 0.2) is 65.7 Å². The summed E-state index contributed by atoms with van der Waals surface area (Å²) >= 11 is 8.16. The normalized spacial score (nSPS) is 11.2. The van der Waals surface area contributed by atoms with Crippen LogP contribution < -0.4 is 0 Å². The Morgan fingerprint density at radius 3 is 2.12 bits per heavy atom. The number of benzene rings is 3. The molecule has 0 fully saturated rings. The molecule has 0 aliphatic carbocycles. The van der Waals surface area contributed by atoms with Gasteiger partial charge in [0.15, 0.2) is 11.6 Å². The third-order valence-corrected chi connectivity index (χ3v) is 7.88. The fourth-order valence-electron chi connectivity index (χ4n) is 3.86. The molecular formula is C26H17F2NS3. The fraction of sp³-hybridized carbons (Fsp3) is 0.115. The summed E-state index contributed by atoms with van der Waals surface area (Å²) < 4.78 is 31.2. The Morgan fingerprint density at radius 1 is 0.812 bits per heavy atom. The molecular weight excluding hydrogens is 460 g/mol. The molecule has 0 saturated carbocycles. The summed E-state index contributed by atoms with van der Waals surface area (Å²) in [7, 11) is 0. The molecule has 6 heteroatoms. The van der Waals surface area contributed by atoms with Gasteiger partial charge in [-0.25, -0.2) is 8.78 Å². The highest BCUT2D eigenvalue weighted by Crippen LogP contribution is 2.40. The van der Waals surface area contributed by atoms with Gasteiger partial charge >= 0.3 is 0 Å². The van der Waals surface area contributed by atoms with Crippen molar-refractivity contribution in [2.45, 2.75) is 19.8 Å². The van der Waals surface area contributed by atoms with Crippen LogP contribution in [-0.2, 0) is 6.42 Å². The van der Waals surface area contributed by atoms with Crippen molar-refractivity contribution in [3.8, 4) is 21.6 Å². The van der Waals surface area contributed by atoms with Gasteiger partial charge in [0.1, 0.15) is 5.69 Å². The number of hydrogen-bond donors (Lipinski definition) is 0. The molecule has 0 saturated heterocycles. The second-order valence-corrected chi connectivity index (χ2v) is 10.0. The van der Waals surface area contributed by atoms with Crippen LogP contribution in [0.1, 0.15) is 18.2 Å². The maximum atomic E-state index is 14.2. The topological polar surface area (TPSA) is 12.4 Å². The molecule has 2 aromatic heterocycles. The molecule has 0 bridgehead atoms. The van der Waals surface area contributed by atoms with Crippen LogP contribution in [0.3, 0.4) is 0 Å². The van der Waals surface area contributed by atoms with Crippen LogP contribution in [0.25, 0.3) is 41.7 Å². The molecule has 0 aliphatic rings. The first-order valence-corrected chi connectivity index (χ1v) is 12.2. The number of fused-ring (bicyclic) bond motifs is 2. The van der Waals surface area contributed by atoms with E-state index in [0.717, 1.165) is 29.2 Å². The van der Waals surface area contributed by atoms with E-state index in [1.165, 1.54) is 36.9 Å².